The average molecular weight is 471 g/mol. The molecule has 2 aromatic heterocycles. The molecule has 5 rings (SSSR count). The van der Waals surface area contributed by atoms with E-state index in [0.717, 1.165) is 39.7 Å². The number of hydrogen-bond donors (Lipinski definition) is 1. The molecule has 0 radical (unpaired) electrons. The highest BCUT2D eigenvalue weighted by Crippen LogP contribution is 2.24. The number of thioether (sulfide) groups is 1. The van der Waals surface area contributed by atoms with E-state index in [1.807, 2.05) is 88.9 Å². The smallest absolute Gasteiger partial charge is 0.234 e. The summed E-state index contributed by atoms with van der Waals surface area (Å²) in [5, 5.41) is 12.0. The quantitative estimate of drug-likeness (QED) is 0.348. The number of ether oxygens (including phenoxy) is 1. The minimum Gasteiger partial charge on any atom is -0.497 e. The van der Waals surface area contributed by atoms with Gasteiger partial charge in [0, 0.05) is 17.1 Å². The number of imidazole rings is 1. The maximum atomic E-state index is 12.6. The summed E-state index contributed by atoms with van der Waals surface area (Å²) in [4.78, 5) is 17.0. The van der Waals surface area contributed by atoms with Crippen LogP contribution in [0.5, 0.6) is 5.75 Å². The van der Waals surface area contributed by atoms with Crippen LogP contribution in [0.3, 0.4) is 0 Å². The van der Waals surface area contributed by atoms with Gasteiger partial charge in [-0.25, -0.2) is 4.98 Å². The van der Waals surface area contributed by atoms with Crippen LogP contribution in [0, 0.1) is 6.92 Å². The van der Waals surface area contributed by atoms with E-state index in [1.165, 1.54) is 11.8 Å². The highest BCUT2D eigenvalue weighted by molar-refractivity contribution is 7.99. The number of fused-ring (bicyclic) bond motifs is 1. The van der Waals surface area contributed by atoms with Gasteiger partial charge in [0.05, 0.1) is 23.9 Å². The summed E-state index contributed by atoms with van der Waals surface area (Å²) in [5.41, 5.74) is 4.59. The van der Waals surface area contributed by atoms with Gasteiger partial charge in [0.2, 0.25) is 5.91 Å². The minimum absolute atomic E-state index is 0.118. The van der Waals surface area contributed by atoms with Gasteiger partial charge >= 0.3 is 0 Å². The number of amides is 1. The van der Waals surface area contributed by atoms with Crippen LogP contribution in [0.25, 0.3) is 22.4 Å². The van der Waals surface area contributed by atoms with E-state index < -0.39 is 0 Å². The van der Waals surface area contributed by atoms with Crippen molar-refractivity contribution in [3.8, 4) is 17.1 Å². The Morgan fingerprint density at radius 3 is 2.47 bits per heavy atom. The van der Waals surface area contributed by atoms with Crippen molar-refractivity contribution < 1.29 is 9.53 Å². The maximum absolute atomic E-state index is 12.6. The van der Waals surface area contributed by atoms with E-state index in [4.69, 9.17) is 4.74 Å². The number of nitrogens with zero attached hydrogens (tertiary/aromatic N) is 5. The van der Waals surface area contributed by atoms with Crippen LogP contribution in [0.1, 0.15) is 5.82 Å². The fourth-order valence-electron chi connectivity index (χ4n) is 3.66. The third-order valence-electron chi connectivity index (χ3n) is 5.34. The van der Waals surface area contributed by atoms with Crippen molar-refractivity contribution in [2.75, 3.05) is 18.2 Å². The fourth-order valence-corrected chi connectivity index (χ4v) is 4.46. The van der Waals surface area contributed by atoms with Crippen LogP contribution in [-0.4, -0.2) is 43.1 Å². The van der Waals surface area contributed by atoms with Gasteiger partial charge < -0.3 is 10.1 Å². The third kappa shape index (κ3) is 4.38. The van der Waals surface area contributed by atoms with Gasteiger partial charge in [0.1, 0.15) is 17.9 Å². The van der Waals surface area contributed by atoms with Crippen LogP contribution in [0.2, 0.25) is 0 Å². The van der Waals surface area contributed by atoms with Crippen molar-refractivity contribution in [1.82, 2.24) is 24.3 Å². The summed E-state index contributed by atoms with van der Waals surface area (Å²) in [7, 11) is 1.63. The van der Waals surface area contributed by atoms with Crippen LogP contribution >= 0.6 is 11.8 Å². The molecule has 0 bridgehead atoms. The summed E-state index contributed by atoms with van der Waals surface area (Å²) in [6.07, 6.45) is 1.80. The zero-order chi connectivity index (χ0) is 23.5. The van der Waals surface area contributed by atoms with Crippen molar-refractivity contribution in [1.29, 1.82) is 0 Å². The molecule has 3 aromatic carbocycles. The maximum Gasteiger partial charge on any atom is 0.234 e. The van der Waals surface area contributed by atoms with Gasteiger partial charge in [-0.1, -0.05) is 23.9 Å². The second-order valence-electron chi connectivity index (χ2n) is 7.55. The Balaban J connectivity index is 1.24. The topological polar surface area (TPSA) is 86.9 Å². The highest BCUT2D eigenvalue weighted by atomic mass is 32.2. The fraction of sp³-hybridized carbons (Fsp3) is 0.120. The largest absolute Gasteiger partial charge is 0.497 e. The molecule has 8 nitrogen and oxygen atoms in total. The average Bonchev–Trinajstić information content (AvgIpc) is 3.47. The summed E-state index contributed by atoms with van der Waals surface area (Å²) in [6.45, 7) is 1.88. The number of carbonyl (C=O) groups excluding carboxylic acids is 1. The number of rotatable bonds is 7. The van der Waals surface area contributed by atoms with Crippen LogP contribution in [-0.2, 0) is 4.79 Å². The molecule has 9 heteroatoms. The molecule has 1 N–H and O–H groups in total. The van der Waals surface area contributed by atoms with Crippen molar-refractivity contribution in [3.05, 3.63) is 84.9 Å². The second kappa shape index (κ2) is 9.40. The molecule has 0 aliphatic rings. The molecule has 1 amide bonds. The number of anilines is 1. The number of nitrogens with one attached hydrogen (secondary N) is 1. The first kappa shape index (κ1) is 21.7. The zero-order valence-electron chi connectivity index (χ0n) is 18.7. The molecule has 0 atom stereocenters. The van der Waals surface area contributed by atoms with Crippen LogP contribution in [0.15, 0.2) is 84.3 Å². The molecule has 0 saturated heterocycles. The Bertz CT molecular complexity index is 1440. The second-order valence-corrected chi connectivity index (χ2v) is 8.49. The van der Waals surface area contributed by atoms with Gasteiger partial charge in [-0.05, 0) is 67.6 Å². The SMILES string of the molecule is COc1ccc(-n2c(C)nnc2SCC(=O)Nc2ccc(-n3cnc4ccccc43)cc2)cc1. The summed E-state index contributed by atoms with van der Waals surface area (Å²) in [6, 6.07) is 23.3. The molecule has 0 aliphatic heterocycles. The Morgan fingerprint density at radius 1 is 0.971 bits per heavy atom. The number of para-hydroxylation sites is 2. The lowest BCUT2D eigenvalue weighted by Gasteiger charge is -2.10. The van der Waals surface area contributed by atoms with Crippen molar-refractivity contribution in [2.45, 2.75) is 12.1 Å². The third-order valence-corrected chi connectivity index (χ3v) is 6.27. The molecule has 0 saturated carbocycles. The predicted octanol–water partition coefficient (Wildman–Crippen LogP) is 4.65. The Hall–Kier alpha value is -4.11. The number of benzene rings is 3. The number of hydrogen-bond acceptors (Lipinski definition) is 6. The van der Waals surface area contributed by atoms with E-state index >= 15 is 0 Å². The van der Waals surface area contributed by atoms with E-state index in [0.29, 0.717) is 5.16 Å². The number of methoxy groups -OCH3 is 1. The summed E-state index contributed by atoms with van der Waals surface area (Å²) in [5.74, 6) is 1.61. The first-order chi connectivity index (χ1) is 16.6. The molecule has 0 fully saturated rings. The lowest BCUT2D eigenvalue weighted by molar-refractivity contribution is -0.113. The minimum atomic E-state index is -0.118. The molecule has 0 spiro atoms. The molecule has 0 unspecified atom stereocenters. The van der Waals surface area contributed by atoms with Crippen LogP contribution < -0.4 is 10.1 Å². The van der Waals surface area contributed by atoms with E-state index in [1.54, 1.807) is 13.4 Å². The highest BCUT2D eigenvalue weighted by Gasteiger charge is 2.14. The Labute approximate surface area is 200 Å². The molecule has 34 heavy (non-hydrogen) atoms. The standard InChI is InChI=1S/C25H22N6O2S/c1-17-28-29-25(31(17)20-11-13-21(33-2)14-12-20)34-15-24(32)27-18-7-9-19(10-8-18)30-16-26-22-5-3-4-6-23(22)30/h3-14,16H,15H2,1-2H3,(H,27,32). The van der Waals surface area contributed by atoms with Crippen LogP contribution in [0.4, 0.5) is 5.69 Å². The molecule has 170 valence electrons. The Kier molecular flexibility index (Phi) is 6.01. The van der Waals surface area contributed by atoms with Crippen molar-refractivity contribution in [3.63, 3.8) is 0 Å². The van der Waals surface area contributed by atoms with Gasteiger partial charge in [0.15, 0.2) is 5.16 Å². The molecule has 2 heterocycles. The van der Waals surface area contributed by atoms with Gasteiger partial charge in [-0.3, -0.25) is 13.9 Å². The Morgan fingerprint density at radius 2 is 1.71 bits per heavy atom. The van der Waals surface area contributed by atoms with Crippen molar-refractivity contribution in [2.24, 2.45) is 0 Å². The number of carbonyl (C=O) groups is 1. The van der Waals surface area contributed by atoms with Gasteiger partial charge in [-0.2, -0.15) is 0 Å². The van der Waals surface area contributed by atoms with E-state index in [-0.39, 0.29) is 11.7 Å². The van der Waals surface area contributed by atoms with E-state index in [9.17, 15) is 4.79 Å². The number of aryl methyl sites for hydroxylation is 1. The summed E-state index contributed by atoms with van der Waals surface area (Å²) < 4.78 is 9.16. The van der Waals surface area contributed by atoms with Gasteiger partial charge in [-0.15, -0.1) is 10.2 Å². The molecular formula is C25H22N6O2S. The first-order valence-corrected chi connectivity index (χ1v) is 11.6. The summed E-state index contributed by atoms with van der Waals surface area (Å²) >= 11 is 1.34. The normalized spacial score (nSPS) is 11.0. The molecular weight excluding hydrogens is 448 g/mol. The number of aromatic nitrogens is 5. The first-order valence-electron chi connectivity index (χ1n) is 10.6. The van der Waals surface area contributed by atoms with E-state index in [2.05, 4.69) is 20.5 Å². The predicted molar refractivity (Wildman–Crippen MR) is 133 cm³/mol. The molecule has 5 aromatic rings. The van der Waals surface area contributed by atoms with Gasteiger partial charge in [0.25, 0.3) is 0 Å². The lowest BCUT2D eigenvalue weighted by Crippen LogP contribution is -2.14. The zero-order valence-corrected chi connectivity index (χ0v) is 19.5. The lowest BCUT2D eigenvalue weighted by atomic mass is 10.2. The molecule has 0 aliphatic carbocycles. The monoisotopic (exact) mass is 470 g/mol. The van der Waals surface area contributed by atoms with Crippen molar-refractivity contribution >= 4 is 34.4 Å².